The largest absolute Gasteiger partial charge is 0.339 e. The number of aromatic amines is 1. The van der Waals surface area contributed by atoms with E-state index in [2.05, 4.69) is 31.1 Å². The lowest BCUT2D eigenvalue weighted by Crippen LogP contribution is -2.48. The minimum Gasteiger partial charge on any atom is -0.339 e. The summed E-state index contributed by atoms with van der Waals surface area (Å²) in [5, 5.41) is 3.82. The molecular weight excluding hydrogens is 432 g/mol. The van der Waals surface area contributed by atoms with Crippen LogP contribution in [0.4, 0.5) is 0 Å². The molecule has 3 aromatic rings. The predicted octanol–water partition coefficient (Wildman–Crippen LogP) is 2.04. The fourth-order valence-corrected chi connectivity index (χ4v) is 6.16. The van der Waals surface area contributed by atoms with Gasteiger partial charge in [-0.1, -0.05) is 5.16 Å². The Morgan fingerprint density at radius 1 is 1.32 bits per heavy atom. The van der Waals surface area contributed by atoms with Crippen molar-refractivity contribution < 1.29 is 12.9 Å². The van der Waals surface area contributed by atoms with Gasteiger partial charge in [0.05, 0.1) is 15.3 Å². The molecule has 0 atom stereocenters. The fourth-order valence-electron chi connectivity index (χ4n) is 2.46. The number of sulfonamides is 1. The zero-order valence-corrected chi connectivity index (χ0v) is 15.8. The Kier molecular flexibility index (Phi) is 4.10. The molecule has 8 nitrogen and oxygen atoms in total. The van der Waals surface area contributed by atoms with Gasteiger partial charge in [-0.3, -0.25) is 4.79 Å². The topological polar surface area (TPSA) is 109 Å². The van der Waals surface area contributed by atoms with Crippen molar-refractivity contribution in [3.05, 3.63) is 50.5 Å². The van der Waals surface area contributed by atoms with E-state index in [-0.39, 0.29) is 30.4 Å². The van der Waals surface area contributed by atoms with Crippen LogP contribution in [0.5, 0.6) is 0 Å². The fraction of sp³-hybridized carbons (Fsp3) is 0.214. The third-order valence-corrected chi connectivity index (χ3v) is 7.76. The number of rotatable bonds is 4. The third kappa shape index (κ3) is 2.97. The average Bonchev–Trinajstić information content (AvgIpc) is 3.16. The van der Waals surface area contributed by atoms with Crippen LogP contribution in [-0.2, 0) is 10.0 Å². The molecule has 0 saturated carbocycles. The summed E-state index contributed by atoms with van der Waals surface area (Å²) in [4.78, 5) is 18.5. The number of H-pyrrole nitrogens is 1. The Morgan fingerprint density at radius 2 is 2.12 bits per heavy atom. The molecule has 0 unspecified atom stereocenters. The maximum atomic E-state index is 12.5. The Labute approximate surface area is 154 Å². The number of nitrogens with zero attached hydrogens (tertiary/aromatic N) is 3. The summed E-state index contributed by atoms with van der Waals surface area (Å²) in [5.74, 6) is 0.347. The van der Waals surface area contributed by atoms with Gasteiger partial charge < -0.3 is 9.51 Å². The molecule has 1 fully saturated rings. The Morgan fingerprint density at radius 3 is 2.80 bits per heavy atom. The summed E-state index contributed by atoms with van der Waals surface area (Å²) in [6.07, 6.45) is 1.52. The molecule has 1 aliphatic rings. The molecule has 0 aliphatic carbocycles. The van der Waals surface area contributed by atoms with Crippen LogP contribution in [0.15, 0.2) is 47.8 Å². The first-order valence-corrected chi connectivity index (χ1v) is 10.3. The van der Waals surface area contributed by atoms with Crippen LogP contribution in [0.3, 0.4) is 0 Å². The maximum absolute atomic E-state index is 12.5. The zero-order chi connectivity index (χ0) is 17.6. The van der Waals surface area contributed by atoms with Gasteiger partial charge in [0.1, 0.15) is 4.21 Å². The van der Waals surface area contributed by atoms with Crippen molar-refractivity contribution in [2.75, 3.05) is 13.1 Å². The quantitative estimate of drug-likeness (QED) is 0.661. The Hall–Kier alpha value is -1.82. The van der Waals surface area contributed by atoms with Gasteiger partial charge in [0.15, 0.2) is 0 Å². The molecule has 1 N–H and O–H groups in total. The standard InChI is InChI=1S/C14H11BrN4O4S2/c15-10-3-4-11(24-10)25(21,22)19-6-8(7-19)14-17-12(18-23-14)9-2-1-5-16-13(9)20/h1-5,8H,6-7H2,(H,16,20). The lowest BCUT2D eigenvalue weighted by Gasteiger charge is -2.35. The van der Waals surface area contributed by atoms with Crippen LogP contribution in [0, 0.1) is 0 Å². The normalized spacial score (nSPS) is 16.0. The van der Waals surface area contributed by atoms with E-state index >= 15 is 0 Å². The summed E-state index contributed by atoms with van der Waals surface area (Å²) in [5.41, 5.74) is 0.000623. The maximum Gasteiger partial charge on any atom is 0.259 e. The average molecular weight is 443 g/mol. The van der Waals surface area contributed by atoms with Crippen molar-refractivity contribution in [2.45, 2.75) is 10.1 Å². The van der Waals surface area contributed by atoms with Crippen molar-refractivity contribution >= 4 is 37.3 Å². The second-order valence-electron chi connectivity index (χ2n) is 5.45. The van der Waals surface area contributed by atoms with E-state index in [4.69, 9.17) is 4.52 Å². The highest BCUT2D eigenvalue weighted by molar-refractivity contribution is 9.11. The van der Waals surface area contributed by atoms with Crippen molar-refractivity contribution in [1.82, 2.24) is 19.4 Å². The van der Waals surface area contributed by atoms with E-state index in [0.29, 0.717) is 15.7 Å². The number of aromatic nitrogens is 3. The molecule has 1 aliphatic heterocycles. The molecule has 0 amide bonds. The predicted molar refractivity (Wildman–Crippen MR) is 93.9 cm³/mol. The number of halogens is 1. The van der Waals surface area contributed by atoms with Gasteiger partial charge in [-0.25, -0.2) is 8.42 Å². The molecule has 1 saturated heterocycles. The molecule has 25 heavy (non-hydrogen) atoms. The summed E-state index contributed by atoms with van der Waals surface area (Å²) in [7, 11) is -3.50. The number of pyridine rings is 1. The molecule has 4 rings (SSSR count). The number of hydrogen-bond acceptors (Lipinski definition) is 7. The summed E-state index contributed by atoms with van der Waals surface area (Å²) in [6.45, 7) is 0.537. The minimum atomic E-state index is -3.50. The van der Waals surface area contributed by atoms with Gasteiger partial charge in [0.25, 0.3) is 15.6 Å². The van der Waals surface area contributed by atoms with Crippen LogP contribution in [0.25, 0.3) is 11.4 Å². The first kappa shape index (κ1) is 16.6. The van der Waals surface area contributed by atoms with Gasteiger partial charge in [-0.2, -0.15) is 9.29 Å². The third-order valence-electron chi connectivity index (χ3n) is 3.84. The van der Waals surface area contributed by atoms with Crippen LogP contribution in [0.2, 0.25) is 0 Å². The lowest BCUT2D eigenvalue weighted by atomic mass is 10.0. The van der Waals surface area contributed by atoms with E-state index in [0.717, 1.165) is 3.79 Å². The van der Waals surface area contributed by atoms with Crippen LogP contribution in [0.1, 0.15) is 11.8 Å². The Balaban J connectivity index is 1.50. The summed E-state index contributed by atoms with van der Waals surface area (Å²) in [6, 6.07) is 6.55. The number of thiophene rings is 1. The SMILES string of the molecule is O=c1[nH]cccc1-c1noc(C2CN(S(=O)(=O)c3ccc(Br)s3)C2)n1. The Bertz CT molecular complexity index is 1080. The highest BCUT2D eigenvalue weighted by atomic mass is 79.9. The molecule has 3 aromatic heterocycles. The van der Waals surface area contributed by atoms with E-state index in [9.17, 15) is 13.2 Å². The number of nitrogens with one attached hydrogen (secondary N) is 1. The van der Waals surface area contributed by atoms with Crippen molar-refractivity contribution in [3.63, 3.8) is 0 Å². The van der Waals surface area contributed by atoms with E-state index in [1.807, 2.05) is 0 Å². The zero-order valence-electron chi connectivity index (χ0n) is 12.5. The molecule has 4 heterocycles. The molecular formula is C14H11BrN4O4S2. The number of hydrogen-bond donors (Lipinski definition) is 1. The molecule has 0 aromatic carbocycles. The van der Waals surface area contributed by atoms with E-state index in [1.165, 1.54) is 21.8 Å². The van der Waals surface area contributed by atoms with E-state index < -0.39 is 10.0 Å². The van der Waals surface area contributed by atoms with Crippen LogP contribution in [-0.4, -0.2) is 40.9 Å². The van der Waals surface area contributed by atoms with Crippen molar-refractivity contribution in [1.29, 1.82) is 0 Å². The minimum absolute atomic E-state index is 0.178. The smallest absolute Gasteiger partial charge is 0.259 e. The summed E-state index contributed by atoms with van der Waals surface area (Å²) < 4.78 is 32.6. The van der Waals surface area contributed by atoms with Gasteiger partial charge in [-0.15, -0.1) is 11.3 Å². The molecule has 0 spiro atoms. The second kappa shape index (κ2) is 6.16. The van der Waals surface area contributed by atoms with Gasteiger partial charge in [-0.05, 0) is 40.2 Å². The van der Waals surface area contributed by atoms with Gasteiger partial charge >= 0.3 is 0 Å². The van der Waals surface area contributed by atoms with Crippen LogP contribution >= 0.6 is 27.3 Å². The monoisotopic (exact) mass is 442 g/mol. The first-order valence-electron chi connectivity index (χ1n) is 7.22. The van der Waals surface area contributed by atoms with Gasteiger partial charge in [0.2, 0.25) is 11.7 Å². The molecule has 130 valence electrons. The lowest BCUT2D eigenvalue weighted by molar-refractivity contribution is 0.217. The van der Waals surface area contributed by atoms with Crippen molar-refractivity contribution in [2.24, 2.45) is 0 Å². The van der Waals surface area contributed by atoms with Crippen molar-refractivity contribution in [3.8, 4) is 11.4 Å². The molecule has 0 bridgehead atoms. The highest BCUT2D eigenvalue weighted by Crippen LogP contribution is 2.35. The van der Waals surface area contributed by atoms with Crippen LogP contribution < -0.4 is 5.56 Å². The first-order chi connectivity index (χ1) is 11.9. The molecule has 11 heteroatoms. The van der Waals surface area contributed by atoms with E-state index in [1.54, 1.807) is 24.3 Å². The highest BCUT2D eigenvalue weighted by Gasteiger charge is 2.41. The second-order valence-corrected chi connectivity index (χ2v) is 10.1. The summed E-state index contributed by atoms with van der Waals surface area (Å²) >= 11 is 4.44. The molecule has 0 radical (unpaired) electrons. The van der Waals surface area contributed by atoms with Gasteiger partial charge in [0, 0.05) is 19.3 Å².